The SMILES string of the molecule is Cc1ccc(F)c(C(O)COC(C)C)c1. The standard InChI is InChI=1S/C12H17FO2/c1-8(2)15-7-12(14)10-6-9(3)4-5-11(10)13/h4-6,8,12,14H,7H2,1-3H3. The zero-order valence-electron chi connectivity index (χ0n) is 9.33. The van der Waals surface area contributed by atoms with E-state index in [0.717, 1.165) is 5.56 Å². The molecule has 1 unspecified atom stereocenters. The van der Waals surface area contributed by atoms with Crippen LogP contribution in [0, 0.1) is 12.7 Å². The molecule has 0 heterocycles. The van der Waals surface area contributed by atoms with E-state index in [9.17, 15) is 9.50 Å². The molecule has 1 N–H and O–H groups in total. The molecule has 0 bridgehead atoms. The summed E-state index contributed by atoms with van der Waals surface area (Å²) in [6.45, 7) is 5.73. The Balaban J connectivity index is 2.72. The zero-order chi connectivity index (χ0) is 11.4. The quantitative estimate of drug-likeness (QED) is 0.831. The van der Waals surface area contributed by atoms with Crippen LogP contribution in [0.1, 0.15) is 31.1 Å². The molecule has 3 heteroatoms. The summed E-state index contributed by atoms with van der Waals surface area (Å²) in [7, 11) is 0. The first kappa shape index (κ1) is 12.1. The number of hydrogen-bond acceptors (Lipinski definition) is 2. The minimum absolute atomic E-state index is 0.0347. The first-order chi connectivity index (χ1) is 7.00. The van der Waals surface area contributed by atoms with Crippen molar-refractivity contribution in [2.24, 2.45) is 0 Å². The molecule has 0 spiro atoms. The first-order valence-corrected chi connectivity index (χ1v) is 5.06. The van der Waals surface area contributed by atoms with Gasteiger partial charge in [0.25, 0.3) is 0 Å². The molecule has 1 aromatic rings. The Bertz CT molecular complexity index is 323. The zero-order valence-corrected chi connectivity index (χ0v) is 9.33. The van der Waals surface area contributed by atoms with Crippen LogP contribution in [0.4, 0.5) is 4.39 Å². The van der Waals surface area contributed by atoms with Crippen molar-refractivity contribution in [2.45, 2.75) is 33.0 Å². The molecule has 2 nitrogen and oxygen atoms in total. The van der Waals surface area contributed by atoms with E-state index >= 15 is 0 Å². The van der Waals surface area contributed by atoms with Gasteiger partial charge in [0.2, 0.25) is 0 Å². The lowest BCUT2D eigenvalue weighted by atomic mass is 10.1. The summed E-state index contributed by atoms with van der Waals surface area (Å²) in [5.74, 6) is -0.388. The minimum Gasteiger partial charge on any atom is -0.386 e. The Morgan fingerprint density at radius 3 is 2.67 bits per heavy atom. The molecule has 0 aliphatic heterocycles. The third-order valence-electron chi connectivity index (χ3n) is 2.10. The lowest BCUT2D eigenvalue weighted by molar-refractivity contribution is 0.00358. The van der Waals surface area contributed by atoms with Crippen molar-refractivity contribution in [2.75, 3.05) is 6.61 Å². The molecular weight excluding hydrogens is 195 g/mol. The highest BCUT2D eigenvalue weighted by atomic mass is 19.1. The molecule has 1 aromatic carbocycles. The highest BCUT2D eigenvalue weighted by Gasteiger charge is 2.13. The van der Waals surface area contributed by atoms with Crippen LogP contribution in [-0.2, 0) is 4.74 Å². The summed E-state index contributed by atoms with van der Waals surface area (Å²) >= 11 is 0. The molecule has 1 rings (SSSR count). The van der Waals surface area contributed by atoms with E-state index in [-0.39, 0.29) is 18.5 Å². The van der Waals surface area contributed by atoms with Gasteiger partial charge in [0, 0.05) is 5.56 Å². The van der Waals surface area contributed by atoms with Crippen molar-refractivity contribution in [3.63, 3.8) is 0 Å². The van der Waals surface area contributed by atoms with E-state index in [0.29, 0.717) is 5.56 Å². The van der Waals surface area contributed by atoms with Gasteiger partial charge in [0.05, 0.1) is 12.7 Å². The number of rotatable bonds is 4. The van der Waals surface area contributed by atoms with Crippen LogP contribution < -0.4 is 0 Å². The highest BCUT2D eigenvalue weighted by molar-refractivity contribution is 5.25. The smallest absolute Gasteiger partial charge is 0.129 e. The van der Waals surface area contributed by atoms with Crippen LogP contribution >= 0.6 is 0 Å². The molecule has 0 radical (unpaired) electrons. The molecule has 0 aliphatic carbocycles. The average molecular weight is 212 g/mol. The van der Waals surface area contributed by atoms with Crippen LogP contribution in [0.25, 0.3) is 0 Å². The van der Waals surface area contributed by atoms with E-state index in [2.05, 4.69) is 0 Å². The Labute approximate surface area is 89.7 Å². The lowest BCUT2D eigenvalue weighted by Crippen LogP contribution is -2.13. The minimum atomic E-state index is -0.896. The molecule has 84 valence electrons. The van der Waals surface area contributed by atoms with Gasteiger partial charge in [-0.25, -0.2) is 4.39 Å². The average Bonchev–Trinajstić information content (AvgIpc) is 2.18. The van der Waals surface area contributed by atoms with E-state index < -0.39 is 6.10 Å². The van der Waals surface area contributed by atoms with Crippen LogP contribution in [0.5, 0.6) is 0 Å². The second-order valence-corrected chi connectivity index (χ2v) is 3.92. The fourth-order valence-electron chi connectivity index (χ4n) is 1.29. The van der Waals surface area contributed by atoms with Gasteiger partial charge in [0.15, 0.2) is 0 Å². The number of hydrogen-bond donors (Lipinski definition) is 1. The first-order valence-electron chi connectivity index (χ1n) is 5.06. The van der Waals surface area contributed by atoms with Crippen molar-refractivity contribution in [3.05, 3.63) is 35.1 Å². The number of aliphatic hydroxyl groups excluding tert-OH is 1. The summed E-state index contributed by atoms with van der Waals surface area (Å²) < 4.78 is 18.6. The predicted molar refractivity (Wildman–Crippen MR) is 57.2 cm³/mol. The summed E-state index contributed by atoms with van der Waals surface area (Å²) in [5, 5.41) is 9.71. The molecule has 0 fully saturated rings. The van der Waals surface area contributed by atoms with Crippen LogP contribution in [0.2, 0.25) is 0 Å². The van der Waals surface area contributed by atoms with Gasteiger partial charge in [-0.2, -0.15) is 0 Å². The third-order valence-corrected chi connectivity index (χ3v) is 2.10. The van der Waals surface area contributed by atoms with Gasteiger partial charge < -0.3 is 9.84 Å². The van der Waals surface area contributed by atoms with Gasteiger partial charge in [-0.3, -0.25) is 0 Å². The molecule has 0 saturated carbocycles. The topological polar surface area (TPSA) is 29.5 Å². The van der Waals surface area contributed by atoms with Crippen molar-refractivity contribution in [1.82, 2.24) is 0 Å². The predicted octanol–water partition coefficient (Wildman–Crippen LogP) is 2.59. The fourth-order valence-corrected chi connectivity index (χ4v) is 1.29. The number of aryl methyl sites for hydroxylation is 1. The Kier molecular flexibility index (Phi) is 4.24. The third kappa shape index (κ3) is 3.61. The van der Waals surface area contributed by atoms with Gasteiger partial charge >= 0.3 is 0 Å². The van der Waals surface area contributed by atoms with Crippen molar-refractivity contribution < 1.29 is 14.2 Å². The van der Waals surface area contributed by atoms with Crippen molar-refractivity contribution >= 4 is 0 Å². The summed E-state index contributed by atoms with van der Waals surface area (Å²) in [5.41, 5.74) is 1.23. The van der Waals surface area contributed by atoms with E-state index in [4.69, 9.17) is 4.74 Å². The molecule has 0 saturated heterocycles. The number of ether oxygens (including phenoxy) is 1. The Morgan fingerprint density at radius 1 is 1.40 bits per heavy atom. The van der Waals surface area contributed by atoms with E-state index in [1.54, 1.807) is 12.1 Å². The van der Waals surface area contributed by atoms with Crippen LogP contribution in [-0.4, -0.2) is 17.8 Å². The lowest BCUT2D eigenvalue weighted by Gasteiger charge is -2.14. The summed E-state index contributed by atoms with van der Waals surface area (Å²) in [6.07, 6.45) is -0.861. The molecule has 0 aromatic heterocycles. The molecular formula is C12H17FO2. The maximum absolute atomic E-state index is 13.3. The summed E-state index contributed by atoms with van der Waals surface area (Å²) in [4.78, 5) is 0. The van der Waals surface area contributed by atoms with Crippen molar-refractivity contribution in [1.29, 1.82) is 0 Å². The second kappa shape index (κ2) is 5.24. The largest absolute Gasteiger partial charge is 0.386 e. The summed E-state index contributed by atoms with van der Waals surface area (Å²) in [6, 6.07) is 4.68. The molecule has 0 aliphatic rings. The van der Waals surface area contributed by atoms with Crippen LogP contribution in [0.15, 0.2) is 18.2 Å². The number of aliphatic hydroxyl groups is 1. The van der Waals surface area contributed by atoms with Crippen LogP contribution in [0.3, 0.4) is 0 Å². The fraction of sp³-hybridized carbons (Fsp3) is 0.500. The molecule has 0 amide bonds. The second-order valence-electron chi connectivity index (χ2n) is 3.92. The van der Waals surface area contributed by atoms with E-state index in [1.807, 2.05) is 20.8 Å². The Morgan fingerprint density at radius 2 is 2.07 bits per heavy atom. The van der Waals surface area contributed by atoms with Crippen molar-refractivity contribution in [3.8, 4) is 0 Å². The monoisotopic (exact) mass is 212 g/mol. The van der Waals surface area contributed by atoms with E-state index in [1.165, 1.54) is 6.07 Å². The number of halogens is 1. The number of benzene rings is 1. The maximum atomic E-state index is 13.3. The van der Waals surface area contributed by atoms with Gasteiger partial charge in [-0.1, -0.05) is 17.7 Å². The van der Waals surface area contributed by atoms with Gasteiger partial charge in [-0.15, -0.1) is 0 Å². The highest BCUT2D eigenvalue weighted by Crippen LogP contribution is 2.19. The normalized spacial score (nSPS) is 13.2. The Hall–Kier alpha value is -0.930. The maximum Gasteiger partial charge on any atom is 0.129 e. The molecule has 15 heavy (non-hydrogen) atoms. The van der Waals surface area contributed by atoms with Gasteiger partial charge in [0.1, 0.15) is 11.9 Å². The van der Waals surface area contributed by atoms with Gasteiger partial charge in [-0.05, 0) is 26.8 Å². The molecule has 1 atom stereocenters.